The summed E-state index contributed by atoms with van der Waals surface area (Å²) in [5, 5.41) is 0. The topological polar surface area (TPSA) is 0 Å². The number of hydrogen-bond donors (Lipinski definition) is 0. The summed E-state index contributed by atoms with van der Waals surface area (Å²) in [5.41, 5.74) is 2.73. The molecule has 1 aliphatic carbocycles. The molecule has 0 N–H and O–H groups in total. The van der Waals surface area contributed by atoms with Crippen molar-refractivity contribution in [2.45, 2.75) is 19.3 Å². The van der Waals surface area contributed by atoms with Crippen LogP contribution in [0.1, 0.15) is 19.3 Å². The van der Waals surface area contributed by atoms with Crippen molar-refractivity contribution in [2.24, 2.45) is 0 Å². The first-order valence-corrected chi connectivity index (χ1v) is 3.15. The van der Waals surface area contributed by atoms with E-state index in [0.29, 0.717) is 0 Å². The van der Waals surface area contributed by atoms with Crippen LogP contribution in [0.15, 0.2) is 23.7 Å². The molecule has 0 aromatic carbocycles. The van der Waals surface area contributed by atoms with Crippen LogP contribution in [0, 0.1) is 0 Å². The molecule has 0 heterocycles. The molecule has 0 spiro atoms. The first kappa shape index (κ1) is 5.68. The van der Waals surface area contributed by atoms with Gasteiger partial charge in [-0.2, -0.15) is 0 Å². The fourth-order valence-corrected chi connectivity index (χ4v) is 0.976. The monoisotopic (exact) mass is 106 g/mol. The highest BCUT2D eigenvalue weighted by Gasteiger charge is 2.00. The van der Waals surface area contributed by atoms with Crippen LogP contribution < -0.4 is 0 Å². The quantitative estimate of drug-likeness (QED) is 0.407. The molecular formula is C7H11B. The SMILES string of the molecule is BC1=CCCCC1=C. The highest BCUT2D eigenvalue weighted by Crippen LogP contribution is 2.18. The second-order valence-electron chi connectivity index (χ2n) is 2.38. The summed E-state index contributed by atoms with van der Waals surface area (Å²) in [7, 11) is 2.14. The minimum atomic E-state index is 1.21. The molecule has 42 valence electrons. The van der Waals surface area contributed by atoms with Crippen molar-refractivity contribution < 1.29 is 0 Å². The molecule has 0 unspecified atom stereocenters. The van der Waals surface area contributed by atoms with Crippen LogP contribution in [-0.2, 0) is 0 Å². The Morgan fingerprint density at radius 1 is 1.62 bits per heavy atom. The summed E-state index contributed by atoms with van der Waals surface area (Å²) in [6.07, 6.45) is 6.04. The maximum absolute atomic E-state index is 3.93. The molecule has 1 aliphatic rings. The fourth-order valence-electron chi connectivity index (χ4n) is 0.976. The molecule has 1 rings (SSSR count). The van der Waals surface area contributed by atoms with Crippen molar-refractivity contribution in [3.05, 3.63) is 23.7 Å². The summed E-state index contributed by atoms with van der Waals surface area (Å²) in [5.74, 6) is 0. The molecular weight excluding hydrogens is 94.9 g/mol. The molecule has 0 aromatic heterocycles. The molecule has 0 bridgehead atoms. The minimum absolute atomic E-state index is 1.21. The van der Waals surface area contributed by atoms with Crippen LogP contribution in [0.5, 0.6) is 0 Å². The summed E-state index contributed by atoms with van der Waals surface area (Å²) in [6.45, 7) is 3.93. The molecule has 0 atom stereocenters. The van der Waals surface area contributed by atoms with E-state index in [1.165, 1.54) is 30.3 Å². The average Bonchev–Trinajstić information content (AvgIpc) is 1.77. The van der Waals surface area contributed by atoms with Crippen molar-refractivity contribution in [2.75, 3.05) is 0 Å². The molecule has 0 nitrogen and oxygen atoms in total. The van der Waals surface area contributed by atoms with Gasteiger partial charge in [0.2, 0.25) is 0 Å². The molecule has 0 saturated carbocycles. The Bertz CT molecular complexity index is 133. The molecule has 0 saturated heterocycles. The molecule has 0 fully saturated rings. The van der Waals surface area contributed by atoms with Gasteiger partial charge in [0.25, 0.3) is 0 Å². The zero-order valence-corrected chi connectivity index (χ0v) is 5.41. The summed E-state index contributed by atoms with van der Waals surface area (Å²) in [4.78, 5) is 0. The fraction of sp³-hybridized carbons (Fsp3) is 0.429. The Morgan fingerprint density at radius 3 is 2.75 bits per heavy atom. The molecule has 0 amide bonds. The van der Waals surface area contributed by atoms with E-state index in [2.05, 4.69) is 20.5 Å². The third kappa shape index (κ3) is 1.03. The van der Waals surface area contributed by atoms with Gasteiger partial charge in [0, 0.05) is 0 Å². The lowest BCUT2D eigenvalue weighted by molar-refractivity contribution is 0.818. The summed E-state index contributed by atoms with van der Waals surface area (Å²) >= 11 is 0. The van der Waals surface area contributed by atoms with Crippen LogP contribution in [0.2, 0.25) is 0 Å². The van der Waals surface area contributed by atoms with Crippen molar-refractivity contribution >= 4 is 7.85 Å². The lowest BCUT2D eigenvalue weighted by Crippen LogP contribution is -1.93. The third-order valence-electron chi connectivity index (χ3n) is 1.69. The van der Waals surface area contributed by atoms with Gasteiger partial charge in [0.15, 0.2) is 0 Å². The number of rotatable bonds is 0. The number of hydrogen-bond acceptors (Lipinski definition) is 0. The lowest BCUT2D eigenvalue weighted by Gasteiger charge is -2.10. The summed E-state index contributed by atoms with van der Waals surface area (Å²) in [6, 6.07) is 0. The van der Waals surface area contributed by atoms with Gasteiger partial charge in [0.1, 0.15) is 7.85 Å². The van der Waals surface area contributed by atoms with Crippen molar-refractivity contribution in [3.8, 4) is 0 Å². The zero-order valence-electron chi connectivity index (χ0n) is 5.41. The molecule has 0 radical (unpaired) electrons. The van der Waals surface area contributed by atoms with E-state index in [0.717, 1.165) is 0 Å². The van der Waals surface area contributed by atoms with E-state index in [1.807, 2.05) is 0 Å². The highest BCUT2D eigenvalue weighted by molar-refractivity contribution is 6.24. The van der Waals surface area contributed by atoms with Crippen molar-refractivity contribution in [3.63, 3.8) is 0 Å². The normalized spacial score (nSPS) is 20.5. The zero-order chi connectivity index (χ0) is 5.98. The second-order valence-corrected chi connectivity index (χ2v) is 2.38. The Kier molecular flexibility index (Phi) is 1.57. The largest absolute Gasteiger partial charge is 0.139 e. The minimum Gasteiger partial charge on any atom is -0.0964 e. The van der Waals surface area contributed by atoms with Gasteiger partial charge < -0.3 is 0 Å². The Morgan fingerprint density at radius 2 is 2.38 bits per heavy atom. The molecule has 0 aliphatic heterocycles. The van der Waals surface area contributed by atoms with Gasteiger partial charge in [-0.25, -0.2) is 0 Å². The maximum Gasteiger partial charge on any atom is 0.139 e. The van der Waals surface area contributed by atoms with E-state index in [-0.39, 0.29) is 0 Å². The van der Waals surface area contributed by atoms with Gasteiger partial charge in [-0.15, -0.1) is 0 Å². The first-order valence-electron chi connectivity index (χ1n) is 3.15. The molecule has 1 heteroatoms. The standard InChI is InChI=1S/C7H11B/c1-6-4-2-3-5-7(6)8/h5H,1-4,8H2. The Balaban J connectivity index is 2.67. The third-order valence-corrected chi connectivity index (χ3v) is 1.69. The van der Waals surface area contributed by atoms with E-state index < -0.39 is 0 Å². The van der Waals surface area contributed by atoms with Gasteiger partial charge >= 0.3 is 0 Å². The Labute approximate surface area is 51.7 Å². The van der Waals surface area contributed by atoms with Gasteiger partial charge in [-0.3, -0.25) is 0 Å². The summed E-state index contributed by atoms with van der Waals surface area (Å²) < 4.78 is 0. The van der Waals surface area contributed by atoms with Crippen molar-refractivity contribution in [1.29, 1.82) is 0 Å². The van der Waals surface area contributed by atoms with E-state index in [4.69, 9.17) is 0 Å². The highest BCUT2D eigenvalue weighted by atomic mass is 14.0. The lowest BCUT2D eigenvalue weighted by atomic mass is 9.82. The van der Waals surface area contributed by atoms with E-state index in [9.17, 15) is 0 Å². The smallest absolute Gasteiger partial charge is 0.0964 e. The first-order chi connectivity index (χ1) is 3.80. The van der Waals surface area contributed by atoms with Crippen LogP contribution in [0.3, 0.4) is 0 Å². The maximum atomic E-state index is 3.93. The predicted molar refractivity (Wildman–Crippen MR) is 39.6 cm³/mol. The van der Waals surface area contributed by atoms with Crippen LogP contribution in [-0.4, -0.2) is 7.85 Å². The molecule has 0 aromatic rings. The number of allylic oxidation sites excluding steroid dienone is 3. The van der Waals surface area contributed by atoms with Crippen LogP contribution in [0.4, 0.5) is 0 Å². The van der Waals surface area contributed by atoms with Gasteiger partial charge in [0.05, 0.1) is 0 Å². The molecule has 8 heavy (non-hydrogen) atoms. The van der Waals surface area contributed by atoms with Gasteiger partial charge in [-0.1, -0.05) is 23.7 Å². The predicted octanol–water partition coefficient (Wildman–Crippen LogP) is 1.24. The Hall–Kier alpha value is -0.455. The van der Waals surface area contributed by atoms with Gasteiger partial charge in [-0.05, 0) is 19.3 Å². The van der Waals surface area contributed by atoms with Crippen molar-refractivity contribution in [1.82, 2.24) is 0 Å². The van der Waals surface area contributed by atoms with E-state index in [1.54, 1.807) is 0 Å². The van der Waals surface area contributed by atoms with Crippen LogP contribution >= 0.6 is 0 Å². The average molecular weight is 106 g/mol. The second kappa shape index (κ2) is 2.21. The van der Waals surface area contributed by atoms with Crippen LogP contribution in [0.25, 0.3) is 0 Å². The van der Waals surface area contributed by atoms with E-state index >= 15 is 0 Å².